The first kappa shape index (κ1) is 15.0. The van der Waals surface area contributed by atoms with Gasteiger partial charge in [-0.15, -0.1) is 0 Å². The summed E-state index contributed by atoms with van der Waals surface area (Å²) in [5, 5.41) is 3.43. The first-order valence-corrected chi connectivity index (χ1v) is 9.48. The fraction of sp³-hybridized carbons (Fsp3) is 0.625. The highest BCUT2D eigenvalue weighted by Gasteiger charge is 2.33. The number of nitrogens with zero attached hydrogens (tertiary/aromatic N) is 1. The van der Waals surface area contributed by atoms with Crippen LogP contribution in [0.5, 0.6) is 0 Å². The third-order valence-electron chi connectivity index (χ3n) is 4.82. The Hall–Kier alpha value is -0.910. The molecule has 1 aromatic carbocycles. The molecule has 0 amide bonds. The zero-order chi connectivity index (χ0) is 14.9. The standard InChI is InChI=1S/C16H24N2O2S/c1-18(13-6-2-3-7-13)11-10-17-15-12-21(19,20)16-9-5-4-8-14(15)16/h4-5,8-9,13,15,17H,2-3,6-7,10-12H2,1H3. The van der Waals surface area contributed by atoms with Crippen molar-refractivity contribution < 1.29 is 8.42 Å². The predicted molar refractivity (Wildman–Crippen MR) is 84.1 cm³/mol. The highest BCUT2D eigenvalue weighted by molar-refractivity contribution is 7.91. The quantitative estimate of drug-likeness (QED) is 0.903. The minimum Gasteiger partial charge on any atom is -0.308 e. The van der Waals surface area contributed by atoms with E-state index in [9.17, 15) is 8.42 Å². The van der Waals surface area contributed by atoms with E-state index in [1.165, 1.54) is 25.7 Å². The van der Waals surface area contributed by atoms with Gasteiger partial charge < -0.3 is 10.2 Å². The van der Waals surface area contributed by atoms with Crippen molar-refractivity contribution >= 4 is 9.84 Å². The Balaban J connectivity index is 1.57. The molecular weight excluding hydrogens is 284 g/mol. The first-order valence-electron chi connectivity index (χ1n) is 7.83. The Morgan fingerprint density at radius 3 is 2.71 bits per heavy atom. The van der Waals surface area contributed by atoms with E-state index in [0.29, 0.717) is 10.9 Å². The Morgan fingerprint density at radius 1 is 1.24 bits per heavy atom. The van der Waals surface area contributed by atoms with Crippen molar-refractivity contribution in [1.82, 2.24) is 10.2 Å². The molecule has 1 heterocycles. The highest BCUT2D eigenvalue weighted by Crippen LogP contribution is 2.32. The molecule has 0 radical (unpaired) electrons. The van der Waals surface area contributed by atoms with Gasteiger partial charge >= 0.3 is 0 Å². The molecule has 4 nitrogen and oxygen atoms in total. The zero-order valence-corrected chi connectivity index (χ0v) is 13.4. The van der Waals surface area contributed by atoms with Gasteiger partial charge in [0, 0.05) is 25.2 Å². The molecule has 1 saturated carbocycles. The van der Waals surface area contributed by atoms with Crippen LogP contribution in [-0.4, -0.2) is 45.2 Å². The van der Waals surface area contributed by atoms with Gasteiger partial charge in [-0.25, -0.2) is 8.42 Å². The van der Waals surface area contributed by atoms with Crippen molar-refractivity contribution in [3.63, 3.8) is 0 Å². The largest absolute Gasteiger partial charge is 0.308 e. The lowest BCUT2D eigenvalue weighted by Gasteiger charge is -2.25. The Bertz CT molecular complexity index is 594. The molecule has 2 aliphatic rings. The third kappa shape index (κ3) is 3.15. The number of nitrogens with one attached hydrogen (secondary N) is 1. The number of sulfone groups is 1. The number of benzene rings is 1. The molecule has 21 heavy (non-hydrogen) atoms. The Morgan fingerprint density at radius 2 is 1.95 bits per heavy atom. The molecular formula is C16H24N2O2S. The SMILES string of the molecule is CN(CCNC1CS(=O)(=O)c2ccccc21)C1CCCC1. The van der Waals surface area contributed by atoms with Crippen LogP contribution < -0.4 is 5.32 Å². The summed E-state index contributed by atoms with van der Waals surface area (Å²) >= 11 is 0. The van der Waals surface area contributed by atoms with E-state index >= 15 is 0 Å². The van der Waals surface area contributed by atoms with E-state index in [-0.39, 0.29) is 11.8 Å². The monoisotopic (exact) mass is 308 g/mol. The number of likely N-dealkylation sites (N-methyl/N-ethyl adjacent to an activating group) is 1. The molecule has 1 N–H and O–H groups in total. The second-order valence-corrected chi connectivity index (χ2v) is 8.25. The molecule has 1 unspecified atom stereocenters. The minimum atomic E-state index is -3.10. The molecule has 1 aliphatic carbocycles. The van der Waals surface area contributed by atoms with Gasteiger partial charge in [0.05, 0.1) is 10.6 Å². The summed E-state index contributed by atoms with van der Waals surface area (Å²) in [6.07, 6.45) is 5.29. The molecule has 1 aliphatic heterocycles. The van der Waals surface area contributed by atoms with Crippen molar-refractivity contribution in [3.05, 3.63) is 29.8 Å². The van der Waals surface area contributed by atoms with Gasteiger partial charge in [-0.1, -0.05) is 31.0 Å². The predicted octanol–water partition coefficient (Wildman–Crippen LogP) is 1.98. The number of hydrogen-bond acceptors (Lipinski definition) is 4. The molecule has 116 valence electrons. The van der Waals surface area contributed by atoms with Crippen LogP contribution in [0.4, 0.5) is 0 Å². The summed E-state index contributed by atoms with van der Waals surface area (Å²) in [5.41, 5.74) is 0.931. The number of hydrogen-bond donors (Lipinski definition) is 1. The van der Waals surface area contributed by atoms with Gasteiger partial charge in [0.15, 0.2) is 9.84 Å². The second-order valence-electron chi connectivity index (χ2n) is 6.24. The fourth-order valence-electron chi connectivity index (χ4n) is 3.56. The molecule has 0 spiro atoms. The Kier molecular flexibility index (Phi) is 4.33. The van der Waals surface area contributed by atoms with Gasteiger partial charge in [0.1, 0.15) is 0 Å². The Labute approximate surface area is 127 Å². The average molecular weight is 308 g/mol. The molecule has 0 aromatic heterocycles. The maximum absolute atomic E-state index is 12.1. The lowest BCUT2D eigenvalue weighted by atomic mass is 10.1. The van der Waals surface area contributed by atoms with Crippen LogP contribution >= 0.6 is 0 Å². The minimum absolute atomic E-state index is 0.0526. The van der Waals surface area contributed by atoms with Gasteiger partial charge in [-0.2, -0.15) is 0 Å². The van der Waals surface area contributed by atoms with E-state index < -0.39 is 9.84 Å². The lowest BCUT2D eigenvalue weighted by molar-refractivity contribution is 0.243. The smallest absolute Gasteiger partial charge is 0.180 e. The van der Waals surface area contributed by atoms with Crippen molar-refractivity contribution in [1.29, 1.82) is 0 Å². The lowest BCUT2D eigenvalue weighted by Crippen LogP contribution is -2.36. The molecule has 1 aromatic rings. The van der Waals surface area contributed by atoms with E-state index in [4.69, 9.17) is 0 Å². The van der Waals surface area contributed by atoms with E-state index in [0.717, 1.165) is 18.7 Å². The number of fused-ring (bicyclic) bond motifs is 1. The van der Waals surface area contributed by atoms with E-state index in [2.05, 4.69) is 17.3 Å². The van der Waals surface area contributed by atoms with Crippen LogP contribution in [0.25, 0.3) is 0 Å². The van der Waals surface area contributed by atoms with Crippen LogP contribution in [0.2, 0.25) is 0 Å². The van der Waals surface area contributed by atoms with Gasteiger partial charge in [-0.3, -0.25) is 0 Å². The summed E-state index contributed by atoms with van der Waals surface area (Å²) < 4.78 is 24.2. The van der Waals surface area contributed by atoms with Gasteiger partial charge in [0.25, 0.3) is 0 Å². The van der Waals surface area contributed by atoms with Crippen molar-refractivity contribution in [2.24, 2.45) is 0 Å². The topological polar surface area (TPSA) is 49.4 Å². The normalized spacial score (nSPS) is 24.6. The van der Waals surface area contributed by atoms with Crippen LogP contribution in [0.1, 0.15) is 37.3 Å². The number of rotatable bonds is 5. The summed E-state index contributed by atoms with van der Waals surface area (Å²) in [5.74, 6) is 0.194. The van der Waals surface area contributed by atoms with Gasteiger partial charge in [-0.05, 0) is 31.5 Å². The third-order valence-corrected chi connectivity index (χ3v) is 6.63. The molecule has 5 heteroatoms. The highest BCUT2D eigenvalue weighted by atomic mass is 32.2. The molecule has 1 fully saturated rings. The summed E-state index contributed by atoms with van der Waals surface area (Å²) in [6.45, 7) is 1.81. The van der Waals surface area contributed by atoms with Crippen LogP contribution in [0, 0.1) is 0 Å². The van der Waals surface area contributed by atoms with Crippen molar-refractivity contribution in [2.45, 2.75) is 42.7 Å². The van der Waals surface area contributed by atoms with Crippen molar-refractivity contribution in [3.8, 4) is 0 Å². The molecule has 0 bridgehead atoms. The zero-order valence-electron chi connectivity index (χ0n) is 12.6. The fourth-order valence-corrected chi connectivity index (χ4v) is 5.33. The second kappa shape index (κ2) is 6.07. The van der Waals surface area contributed by atoms with E-state index in [1.54, 1.807) is 12.1 Å². The van der Waals surface area contributed by atoms with E-state index in [1.807, 2.05) is 12.1 Å². The molecule has 0 saturated heterocycles. The first-order chi connectivity index (χ1) is 10.1. The molecule has 1 atom stereocenters. The summed E-state index contributed by atoms with van der Waals surface area (Å²) in [7, 11) is -0.920. The summed E-state index contributed by atoms with van der Waals surface area (Å²) in [6, 6.07) is 8.02. The average Bonchev–Trinajstić information content (AvgIpc) is 3.07. The summed E-state index contributed by atoms with van der Waals surface area (Å²) in [4.78, 5) is 2.92. The van der Waals surface area contributed by atoms with Crippen LogP contribution in [0.15, 0.2) is 29.2 Å². The molecule has 3 rings (SSSR count). The van der Waals surface area contributed by atoms with Crippen molar-refractivity contribution in [2.75, 3.05) is 25.9 Å². The van der Waals surface area contributed by atoms with Gasteiger partial charge in [0.2, 0.25) is 0 Å². The van der Waals surface area contributed by atoms with Crippen LogP contribution in [-0.2, 0) is 9.84 Å². The van der Waals surface area contributed by atoms with Crippen LogP contribution in [0.3, 0.4) is 0 Å². The maximum Gasteiger partial charge on any atom is 0.180 e. The maximum atomic E-state index is 12.1.